The Hall–Kier alpha value is -0.610. The number of ether oxygens (including phenoxy) is 1. The molecule has 54 valence electrons. The summed E-state index contributed by atoms with van der Waals surface area (Å²) < 4.78 is 4.63. The lowest BCUT2D eigenvalue weighted by Crippen LogP contribution is -2.02. The number of hydrogen-bond acceptors (Lipinski definition) is 4. The van der Waals surface area contributed by atoms with Crippen molar-refractivity contribution in [3.8, 4) is 0 Å². The van der Waals surface area contributed by atoms with Crippen molar-refractivity contribution in [2.75, 3.05) is 6.61 Å². The second-order valence-electron chi connectivity index (χ2n) is 1.86. The number of cyclic esters (lactones) is 1. The van der Waals surface area contributed by atoms with Gasteiger partial charge < -0.3 is 4.74 Å². The van der Waals surface area contributed by atoms with E-state index in [1.807, 2.05) is 6.92 Å². The number of esters is 1. The number of hydrazine groups is 1. The maximum absolute atomic E-state index is 10.4. The highest BCUT2D eigenvalue weighted by molar-refractivity contribution is 5.73. The van der Waals surface area contributed by atoms with Crippen LogP contribution in [0.25, 0.3) is 0 Å². The third kappa shape index (κ3) is 2.43. The summed E-state index contributed by atoms with van der Waals surface area (Å²) in [5.74, 6) is 8.11. The van der Waals surface area contributed by atoms with Crippen molar-refractivity contribution < 1.29 is 9.53 Å². The van der Waals surface area contributed by atoms with Gasteiger partial charge in [-0.15, -0.1) is 0 Å². The van der Waals surface area contributed by atoms with Crippen LogP contribution in [0.5, 0.6) is 0 Å². The van der Waals surface area contributed by atoms with E-state index in [9.17, 15) is 4.79 Å². The van der Waals surface area contributed by atoms with Crippen LogP contribution in [0, 0.1) is 5.92 Å². The van der Waals surface area contributed by atoms with E-state index in [-0.39, 0.29) is 11.9 Å². The molecule has 0 aromatic rings. The SMILES string of the molecule is CC1CCOC1=O.NN. The Morgan fingerprint density at radius 2 is 2.22 bits per heavy atom. The van der Waals surface area contributed by atoms with Crippen molar-refractivity contribution in [3.63, 3.8) is 0 Å². The molecule has 4 N–H and O–H groups in total. The number of nitrogens with two attached hydrogens (primary N) is 2. The summed E-state index contributed by atoms with van der Waals surface area (Å²) in [6, 6.07) is 0. The van der Waals surface area contributed by atoms with Crippen LogP contribution in [0.2, 0.25) is 0 Å². The van der Waals surface area contributed by atoms with E-state index in [0.717, 1.165) is 6.42 Å². The molecule has 0 saturated carbocycles. The van der Waals surface area contributed by atoms with Gasteiger partial charge in [-0.3, -0.25) is 16.5 Å². The zero-order chi connectivity index (χ0) is 7.28. The highest BCUT2D eigenvalue weighted by Gasteiger charge is 2.20. The Morgan fingerprint density at radius 3 is 2.33 bits per heavy atom. The Morgan fingerprint density at radius 1 is 1.67 bits per heavy atom. The molecule has 0 radical (unpaired) electrons. The molecule has 1 aliphatic heterocycles. The van der Waals surface area contributed by atoms with Crippen LogP contribution < -0.4 is 11.7 Å². The van der Waals surface area contributed by atoms with Crippen LogP contribution in [0.3, 0.4) is 0 Å². The summed E-state index contributed by atoms with van der Waals surface area (Å²) >= 11 is 0. The minimum absolute atomic E-state index is 0.0417. The van der Waals surface area contributed by atoms with Crippen molar-refractivity contribution in [3.05, 3.63) is 0 Å². The molecule has 1 rings (SSSR count). The lowest BCUT2D eigenvalue weighted by Gasteiger charge is -1.88. The van der Waals surface area contributed by atoms with Gasteiger partial charge in [0.25, 0.3) is 0 Å². The summed E-state index contributed by atoms with van der Waals surface area (Å²) in [4.78, 5) is 10.4. The van der Waals surface area contributed by atoms with Gasteiger partial charge in [0.1, 0.15) is 0 Å². The molecule has 0 aromatic heterocycles. The fourth-order valence-corrected chi connectivity index (χ4v) is 0.596. The van der Waals surface area contributed by atoms with E-state index in [0.29, 0.717) is 6.61 Å². The molecule has 9 heavy (non-hydrogen) atoms. The smallest absolute Gasteiger partial charge is 0.308 e. The second kappa shape index (κ2) is 4.29. The fourth-order valence-electron chi connectivity index (χ4n) is 0.596. The Kier molecular flexibility index (Phi) is 4.00. The first kappa shape index (κ1) is 8.39. The van der Waals surface area contributed by atoms with Crippen molar-refractivity contribution in [2.24, 2.45) is 17.6 Å². The predicted octanol–water partition coefficient (Wildman–Crippen LogP) is -0.612. The molecule has 0 spiro atoms. The monoisotopic (exact) mass is 132 g/mol. The van der Waals surface area contributed by atoms with Crippen LogP contribution in [0.15, 0.2) is 0 Å². The normalized spacial score (nSPS) is 24.3. The van der Waals surface area contributed by atoms with Crippen LogP contribution >= 0.6 is 0 Å². The zero-order valence-corrected chi connectivity index (χ0v) is 5.46. The minimum Gasteiger partial charge on any atom is -0.465 e. The molecule has 1 saturated heterocycles. The zero-order valence-electron chi connectivity index (χ0n) is 5.46. The number of hydrogen-bond donors (Lipinski definition) is 2. The average molecular weight is 132 g/mol. The summed E-state index contributed by atoms with van der Waals surface area (Å²) in [7, 11) is 0. The van der Waals surface area contributed by atoms with Gasteiger partial charge in [0.05, 0.1) is 12.5 Å². The van der Waals surface area contributed by atoms with E-state index in [1.54, 1.807) is 0 Å². The van der Waals surface area contributed by atoms with Crippen LogP contribution in [-0.4, -0.2) is 12.6 Å². The molecule has 1 heterocycles. The Bertz CT molecular complexity index is 95.0. The summed E-state index contributed by atoms with van der Waals surface area (Å²) in [5.41, 5.74) is 0. The van der Waals surface area contributed by atoms with E-state index in [1.165, 1.54) is 0 Å². The minimum atomic E-state index is -0.0417. The summed E-state index contributed by atoms with van der Waals surface area (Å²) in [6.45, 7) is 2.51. The van der Waals surface area contributed by atoms with E-state index in [4.69, 9.17) is 0 Å². The van der Waals surface area contributed by atoms with Crippen molar-refractivity contribution in [2.45, 2.75) is 13.3 Å². The average Bonchev–Trinajstić information content (AvgIpc) is 2.23. The molecule has 4 heteroatoms. The van der Waals surface area contributed by atoms with Gasteiger partial charge in [-0.05, 0) is 6.42 Å². The second-order valence-corrected chi connectivity index (χ2v) is 1.86. The molecule has 0 amide bonds. The van der Waals surface area contributed by atoms with Gasteiger partial charge in [0.15, 0.2) is 0 Å². The maximum Gasteiger partial charge on any atom is 0.308 e. The third-order valence-corrected chi connectivity index (χ3v) is 1.20. The van der Waals surface area contributed by atoms with Gasteiger partial charge in [-0.1, -0.05) is 6.92 Å². The number of carbonyl (C=O) groups excluding carboxylic acids is 1. The molecular weight excluding hydrogens is 120 g/mol. The van der Waals surface area contributed by atoms with Gasteiger partial charge in [-0.2, -0.15) is 0 Å². The van der Waals surface area contributed by atoms with E-state index in [2.05, 4.69) is 16.4 Å². The molecule has 0 bridgehead atoms. The van der Waals surface area contributed by atoms with Gasteiger partial charge in [0.2, 0.25) is 0 Å². The van der Waals surface area contributed by atoms with Gasteiger partial charge >= 0.3 is 5.97 Å². The molecule has 0 aliphatic carbocycles. The largest absolute Gasteiger partial charge is 0.465 e. The molecule has 1 atom stereocenters. The third-order valence-electron chi connectivity index (χ3n) is 1.20. The molecule has 1 unspecified atom stereocenters. The first-order chi connectivity index (χ1) is 4.30. The van der Waals surface area contributed by atoms with Crippen molar-refractivity contribution >= 4 is 5.97 Å². The molecule has 1 fully saturated rings. The van der Waals surface area contributed by atoms with Gasteiger partial charge in [0, 0.05) is 0 Å². The Balaban J connectivity index is 0.000000291. The molecule has 0 aromatic carbocycles. The predicted molar refractivity (Wildman–Crippen MR) is 33.1 cm³/mol. The highest BCUT2D eigenvalue weighted by Crippen LogP contribution is 2.11. The summed E-state index contributed by atoms with van der Waals surface area (Å²) in [6.07, 6.45) is 0.902. The lowest BCUT2D eigenvalue weighted by molar-refractivity contribution is -0.140. The van der Waals surface area contributed by atoms with Gasteiger partial charge in [-0.25, -0.2) is 0 Å². The van der Waals surface area contributed by atoms with E-state index >= 15 is 0 Å². The lowest BCUT2D eigenvalue weighted by atomic mass is 10.2. The van der Waals surface area contributed by atoms with Crippen molar-refractivity contribution in [1.82, 2.24) is 0 Å². The fraction of sp³-hybridized carbons (Fsp3) is 0.800. The highest BCUT2D eigenvalue weighted by atomic mass is 16.5. The first-order valence-electron chi connectivity index (χ1n) is 2.80. The van der Waals surface area contributed by atoms with Crippen LogP contribution in [0.4, 0.5) is 0 Å². The molecular formula is C5H12N2O2. The Labute approximate surface area is 54.1 Å². The molecule has 4 nitrogen and oxygen atoms in total. The maximum atomic E-state index is 10.4. The number of rotatable bonds is 0. The van der Waals surface area contributed by atoms with Crippen LogP contribution in [-0.2, 0) is 9.53 Å². The number of carbonyl (C=O) groups is 1. The van der Waals surface area contributed by atoms with Crippen molar-refractivity contribution in [1.29, 1.82) is 0 Å². The first-order valence-corrected chi connectivity index (χ1v) is 2.80. The van der Waals surface area contributed by atoms with E-state index < -0.39 is 0 Å². The van der Waals surface area contributed by atoms with Crippen LogP contribution in [0.1, 0.15) is 13.3 Å². The molecule has 1 aliphatic rings. The topological polar surface area (TPSA) is 78.3 Å². The standard InChI is InChI=1S/C5H8O2.H4N2/c1-4-2-3-7-5(4)6;1-2/h4H,2-3H2,1H3;1-2H2. The summed E-state index contributed by atoms with van der Waals surface area (Å²) in [5, 5.41) is 0. The quantitative estimate of drug-likeness (QED) is 0.262.